The van der Waals surface area contributed by atoms with Gasteiger partial charge in [0.1, 0.15) is 7.85 Å². The minimum Gasteiger partial charge on any atom is -0.353 e. The van der Waals surface area contributed by atoms with Gasteiger partial charge in [-0.25, -0.2) is 0 Å². The molecule has 2 aliphatic rings. The average molecular weight is 248 g/mol. The van der Waals surface area contributed by atoms with Gasteiger partial charge < -0.3 is 4.90 Å². The molecule has 1 heterocycles. The van der Waals surface area contributed by atoms with Crippen molar-refractivity contribution < 1.29 is 0 Å². The van der Waals surface area contributed by atoms with E-state index >= 15 is 0 Å². The molecule has 0 aromatic carbocycles. The molecule has 1 aliphatic carbocycles. The summed E-state index contributed by atoms with van der Waals surface area (Å²) in [5.41, 5.74) is 0. The van der Waals surface area contributed by atoms with Gasteiger partial charge in [-0.3, -0.25) is 4.99 Å². The Morgan fingerprint density at radius 3 is 2.67 bits per heavy atom. The van der Waals surface area contributed by atoms with Crippen LogP contribution in [0.1, 0.15) is 65.7 Å². The second-order valence-electron chi connectivity index (χ2n) is 6.51. The molecular formula is C15H29BN2. The first kappa shape index (κ1) is 14.0. The summed E-state index contributed by atoms with van der Waals surface area (Å²) in [5, 5.41) is 0. The summed E-state index contributed by atoms with van der Waals surface area (Å²) >= 11 is 0. The second-order valence-corrected chi connectivity index (χ2v) is 6.51. The molecule has 1 aliphatic heterocycles. The normalized spacial score (nSPS) is 33.7. The van der Waals surface area contributed by atoms with Crippen molar-refractivity contribution in [2.75, 3.05) is 0 Å². The maximum atomic E-state index is 5.07. The van der Waals surface area contributed by atoms with Gasteiger partial charge >= 0.3 is 0 Å². The molecule has 1 fully saturated rings. The molecule has 0 aromatic heterocycles. The Kier molecular flexibility index (Phi) is 4.74. The van der Waals surface area contributed by atoms with Gasteiger partial charge in [0, 0.05) is 12.5 Å². The Morgan fingerprint density at radius 2 is 2.00 bits per heavy atom. The number of rotatable bonds is 2. The predicted octanol–water partition coefficient (Wildman–Crippen LogP) is 3.03. The fraction of sp³-hybridized carbons (Fsp3) is 0.933. The van der Waals surface area contributed by atoms with Gasteiger partial charge in [0.15, 0.2) is 0 Å². The highest BCUT2D eigenvalue weighted by atomic mass is 15.3. The van der Waals surface area contributed by atoms with Gasteiger partial charge in [0.2, 0.25) is 0 Å². The minimum atomic E-state index is 0.579. The number of nitrogens with zero attached hydrogens (tertiary/aromatic N) is 2. The van der Waals surface area contributed by atoms with Gasteiger partial charge in [-0.1, -0.05) is 38.4 Å². The standard InChI is InChI=1S/C15H29BN2/c1-4-15-17-13-10-12(16)8-6-5-7-9-14(13)18(15)11(2)3/h11-14H,4-10,16H2,1-3H3. The lowest BCUT2D eigenvalue weighted by atomic mass is 9.78. The smallest absolute Gasteiger partial charge is 0.105 e. The van der Waals surface area contributed by atoms with Crippen molar-refractivity contribution >= 4 is 13.7 Å². The molecule has 1 saturated carbocycles. The van der Waals surface area contributed by atoms with Gasteiger partial charge in [-0.2, -0.15) is 0 Å². The Balaban J connectivity index is 2.17. The quantitative estimate of drug-likeness (QED) is 0.686. The molecule has 0 aromatic rings. The topological polar surface area (TPSA) is 15.6 Å². The Labute approximate surface area is 114 Å². The molecule has 0 bridgehead atoms. The molecule has 3 unspecified atom stereocenters. The summed E-state index contributed by atoms with van der Waals surface area (Å²) in [6.45, 7) is 6.90. The van der Waals surface area contributed by atoms with Crippen molar-refractivity contribution in [2.24, 2.45) is 4.99 Å². The number of hydrogen-bond donors (Lipinski definition) is 0. The molecule has 2 nitrogen and oxygen atoms in total. The van der Waals surface area contributed by atoms with E-state index in [0.29, 0.717) is 18.1 Å². The zero-order valence-corrected chi connectivity index (χ0v) is 12.7. The molecule has 0 N–H and O–H groups in total. The van der Waals surface area contributed by atoms with Gasteiger partial charge in [-0.05, 0) is 26.7 Å². The lowest BCUT2D eigenvalue weighted by molar-refractivity contribution is 0.235. The van der Waals surface area contributed by atoms with E-state index in [1.807, 2.05) is 0 Å². The third-order valence-electron chi connectivity index (χ3n) is 4.63. The van der Waals surface area contributed by atoms with E-state index in [4.69, 9.17) is 4.99 Å². The Morgan fingerprint density at radius 1 is 1.28 bits per heavy atom. The third kappa shape index (κ3) is 2.92. The van der Waals surface area contributed by atoms with Crippen LogP contribution in [0.2, 0.25) is 5.82 Å². The van der Waals surface area contributed by atoms with Crippen LogP contribution in [0.15, 0.2) is 4.99 Å². The number of aliphatic imine (C=N–C) groups is 1. The van der Waals surface area contributed by atoms with Crippen molar-refractivity contribution in [3.05, 3.63) is 0 Å². The summed E-state index contributed by atoms with van der Waals surface area (Å²) in [5.74, 6) is 2.22. The van der Waals surface area contributed by atoms with Crippen LogP contribution in [0.4, 0.5) is 0 Å². The SMILES string of the molecule is BC1CCCCCC2C(C1)N=C(CC)N2C(C)C. The van der Waals surface area contributed by atoms with Crippen molar-refractivity contribution in [1.82, 2.24) is 4.90 Å². The Bertz CT molecular complexity index is 301. The monoisotopic (exact) mass is 248 g/mol. The highest BCUT2D eigenvalue weighted by Gasteiger charge is 2.36. The molecule has 0 saturated heterocycles. The van der Waals surface area contributed by atoms with Crippen LogP contribution in [0.3, 0.4) is 0 Å². The van der Waals surface area contributed by atoms with E-state index in [1.54, 1.807) is 0 Å². The highest BCUT2D eigenvalue weighted by Crippen LogP contribution is 2.33. The molecule has 0 radical (unpaired) electrons. The van der Waals surface area contributed by atoms with E-state index in [2.05, 4.69) is 33.5 Å². The first-order valence-electron chi connectivity index (χ1n) is 7.98. The largest absolute Gasteiger partial charge is 0.353 e. The van der Waals surface area contributed by atoms with Gasteiger partial charge in [0.05, 0.1) is 17.9 Å². The van der Waals surface area contributed by atoms with Crippen LogP contribution in [0.5, 0.6) is 0 Å². The molecule has 102 valence electrons. The summed E-state index contributed by atoms with van der Waals surface area (Å²) in [6.07, 6.45) is 9.39. The summed E-state index contributed by atoms with van der Waals surface area (Å²) in [6, 6.07) is 1.88. The lowest BCUT2D eigenvalue weighted by Gasteiger charge is -2.34. The zero-order chi connectivity index (χ0) is 13.1. The number of hydrogen-bond acceptors (Lipinski definition) is 2. The number of fused-ring (bicyclic) bond motifs is 1. The lowest BCUT2D eigenvalue weighted by Crippen LogP contribution is -2.44. The van der Waals surface area contributed by atoms with Crippen molar-refractivity contribution in [3.63, 3.8) is 0 Å². The summed E-state index contributed by atoms with van der Waals surface area (Å²) in [4.78, 5) is 7.70. The third-order valence-corrected chi connectivity index (χ3v) is 4.63. The van der Waals surface area contributed by atoms with E-state index in [1.165, 1.54) is 44.4 Å². The Hall–Kier alpha value is -0.465. The zero-order valence-electron chi connectivity index (χ0n) is 12.7. The summed E-state index contributed by atoms with van der Waals surface area (Å²) in [7, 11) is 2.42. The first-order chi connectivity index (χ1) is 8.63. The molecule has 0 spiro atoms. The van der Waals surface area contributed by atoms with Crippen molar-refractivity contribution in [2.45, 2.75) is 89.7 Å². The highest BCUT2D eigenvalue weighted by molar-refractivity contribution is 6.11. The molecule has 3 heteroatoms. The molecular weight excluding hydrogens is 219 g/mol. The number of amidine groups is 1. The molecule has 2 rings (SSSR count). The van der Waals surface area contributed by atoms with Crippen molar-refractivity contribution in [3.8, 4) is 0 Å². The minimum absolute atomic E-state index is 0.579. The van der Waals surface area contributed by atoms with Crippen LogP contribution in [-0.2, 0) is 0 Å². The second kappa shape index (κ2) is 6.12. The maximum absolute atomic E-state index is 5.07. The fourth-order valence-electron chi connectivity index (χ4n) is 3.77. The van der Waals surface area contributed by atoms with Crippen LogP contribution >= 0.6 is 0 Å². The molecule has 18 heavy (non-hydrogen) atoms. The van der Waals surface area contributed by atoms with E-state index in [-0.39, 0.29) is 0 Å². The van der Waals surface area contributed by atoms with E-state index < -0.39 is 0 Å². The average Bonchev–Trinajstić information content (AvgIpc) is 2.68. The maximum Gasteiger partial charge on any atom is 0.105 e. The van der Waals surface area contributed by atoms with Crippen LogP contribution in [0.25, 0.3) is 0 Å². The van der Waals surface area contributed by atoms with E-state index in [0.717, 1.165) is 12.2 Å². The first-order valence-corrected chi connectivity index (χ1v) is 7.98. The van der Waals surface area contributed by atoms with Gasteiger partial charge in [0.25, 0.3) is 0 Å². The molecule has 0 amide bonds. The van der Waals surface area contributed by atoms with E-state index in [9.17, 15) is 0 Å². The van der Waals surface area contributed by atoms with Crippen LogP contribution in [0, 0.1) is 0 Å². The molecule has 3 atom stereocenters. The van der Waals surface area contributed by atoms with Crippen molar-refractivity contribution in [1.29, 1.82) is 0 Å². The predicted molar refractivity (Wildman–Crippen MR) is 82.3 cm³/mol. The van der Waals surface area contributed by atoms with Crippen LogP contribution in [-0.4, -0.2) is 36.7 Å². The summed E-state index contributed by atoms with van der Waals surface area (Å²) < 4.78 is 0. The van der Waals surface area contributed by atoms with Gasteiger partial charge in [-0.15, -0.1) is 0 Å². The fourth-order valence-corrected chi connectivity index (χ4v) is 3.77. The van der Waals surface area contributed by atoms with Crippen LogP contribution < -0.4 is 0 Å².